The normalized spacial score (nSPS) is 18.8. The van der Waals surface area contributed by atoms with Gasteiger partial charge in [0.2, 0.25) is 0 Å². The van der Waals surface area contributed by atoms with Gasteiger partial charge in [0.05, 0.1) is 53.4 Å². The summed E-state index contributed by atoms with van der Waals surface area (Å²) < 4.78 is 148. The van der Waals surface area contributed by atoms with Crippen LogP contribution in [0.5, 0.6) is 0 Å². The summed E-state index contributed by atoms with van der Waals surface area (Å²) in [5.74, 6) is 0. The maximum absolute atomic E-state index is 11.4. The van der Waals surface area contributed by atoms with Crippen LogP contribution in [0.3, 0.4) is 0 Å². The molecule has 0 aromatic rings. The molecule has 0 amide bonds. The number of alkyl halides is 8. The minimum Gasteiger partial charge on any atom is -0.743 e. The van der Waals surface area contributed by atoms with Crippen LogP contribution in [0.15, 0.2) is 0 Å². The molecule has 2 fully saturated rings. The van der Waals surface area contributed by atoms with E-state index in [-0.39, 0.29) is 0 Å². The Morgan fingerprint density at radius 3 is 0.975 bits per heavy atom. The van der Waals surface area contributed by atoms with E-state index in [1.54, 1.807) is 0 Å². The Bertz CT molecular complexity index is 836. The predicted octanol–water partition coefficient (Wildman–Crippen LogP) is 4.83. The van der Waals surface area contributed by atoms with Gasteiger partial charge in [0.1, 0.15) is 0 Å². The molecule has 2 saturated heterocycles. The molecule has 0 aliphatic carbocycles. The zero-order valence-electron chi connectivity index (χ0n) is 23.2. The first-order valence-electron chi connectivity index (χ1n) is 12.8. The number of quaternary nitrogens is 2. The molecule has 2 aliphatic rings. The van der Waals surface area contributed by atoms with Crippen molar-refractivity contribution in [2.24, 2.45) is 0 Å². The van der Waals surface area contributed by atoms with E-state index in [4.69, 9.17) is 0 Å². The van der Waals surface area contributed by atoms with Crippen molar-refractivity contribution in [3.05, 3.63) is 0 Å². The Hall–Kier alpha value is -0.820. The first-order valence-corrected chi connectivity index (χ1v) is 15.6. The minimum atomic E-state index is -6.23. The molecule has 0 saturated carbocycles. The summed E-state index contributed by atoms with van der Waals surface area (Å²) >= 11 is 0. The average molecular weight is 647 g/mol. The van der Waals surface area contributed by atoms with Gasteiger partial charge in [-0.3, -0.25) is 0 Å². The van der Waals surface area contributed by atoms with Crippen LogP contribution in [0.4, 0.5) is 35.1 Å². The van der Waals surface area contributed by atoms with Gasteiger partial charge in [-0.2, -0.15) is 17.6 Å². The van der Waals surface area contributed by atoms with Crippen molar-refractivity contribution < 1.29 is 70.0 Å². The molecule has 2 rings (SSSR count). The number of hydrogen-bond acceptors (Lipinski definition) is 6. The molecule has 0 N–H and O–H groups in total. The molecule has 0 spiro atoms. The molecule has 18 heteroatoms. The van der Waals surface area contributed by atoms with Gasteiger partial charge in [0, 0.05) is 25.7 Å². The third-order valence-corrected chi connectivity index (χ3v) is 8.26. The van der Waals surface area contributed by atoms with Gasteiger partial charge in [-0.1, -0.05) is 26.7 Å². The van der Waals surface area contributed by atoms with Crippen molar-refractivity contribution in [1.82, 2.24) is 0 Å². The van der Waals surface area contributed by atoms with Gasteiger partial charge < -0.3 is 18.1 Å². The summed E-state index contributed by atoms with van der Waals surface area (Å²) in [6, 6.07) is 0. The number of unbranched alkanes of at least 4 members (excludes halogenated alkanes) is 2. The Labute approximate surface area is 232 Å². The summed E-state index contributed by atoms with van der Waals surface area (Å²) in [7, 11) is -7.66. The predicted molar refractivity (Wildman–Crippen MR) is 131 cm³/mol. The van der Waals surface area contributed by atoms with Crippen LogP contribution in [0, 0.1) is 0 Å². The van der Waals surface area contributed by atoms with Crippen LogP contribution in [0.2, 0.25) is 0 Å². The van der Waals surface area contributed by atoms with E-state index in [9.17, 15) is 61.1 Å². The van der Waals surface area contributed by atoms with Gasteiger partial charge in [-0.05, 0) is 12.8 Å². The molecule has 2 aliphatic heterocycles. The molecular formula is C22H42F8N2O6S2. The van der Waals surface area contributed by atoms with Gasteiger partial charge in [-0.25, -0.2) is 34.4 Å². The molecule has 8 nitrogen and oxygen atoms in total. The highest BCUT2D eigenvalue weighted by atomic mass is 32.2. The lowest BCUT2D eigenvalue weighted by Crippen LogP contribution is -2.41. The fourth-order valence-electron chi connectivity index (χ4n) is 3.94. The smallest absolute Gasteiger partial charge is 0.393 e. The van der Waals surface area contributed by atoms with Gasteiger partial charge in [0.25, 0.3) is 0 Å². The molecule has 244 valence electrons. The molecule has 0 aromatic heterocycles. The lowest BCUT2D eigenvalue weighted by Gasteiger charge is -2.28. The van der Waals surface area contributed by atoms with E-state index >= 15 is 0 Å². The third kappa shape index (κ3) is 14.9. The zero-order chi connectivity index (χ0) is 32.1. The second kappa shape index (κ2) is 17.3. The Morgan fingerprint density at radius 1 is 0.625 bits per heavy atom. The number of rotatable bonds is 10. The Balaban J connectivity index is 0. The van der Waals surface area contributed by atoms with Crippen LogP contribution in [0.25, 0.3) is 0 Å². The summed E-state index contributed by atoms with van der Waals surface area (Å²) in [5, 5.41) is -11.0. The number of likely N-dealkylation sites (tertiary alicyclic amines) is 2. The van der Waals surface area contributed by atoms with E-state index in [1.807, 2.05) is 0 Å². The largest absolute Gasteiger partial charge is 0.743 e. The minimum absolute atomic E-state index is 1.36. The van der Waals surface area contributed by atoms with Crippen LogP contribution >= 0.6 is 0 Å². The summed E-state index contributed by atoms with van der Waals surface area (Å²) in [4.78, 5) is 0. The molecule has 2 heterocycles. The first kappa shape index (κ1) is 41.3. The van der Waals surface area contributed by atoms with E-state index in [0.29, 0.717) is 0 Å². The van der Waals surface area contributed by atoms with Crippen molar-refractivity contribution in [2.45, 2.75) is 88.6 Å². The van der Waals surface area contributed by atoms with Crippen LogP contribution < -0.4 is 0 Å². The molecule has 40 heavy (non-hydrogen) atoms. The van der Waals surface area contributed by atoms with E-state index < -0.39 is 43.6 Å². The monoisotopic (exact) mass is 646 g/mol. The van der Waals surface area contributed by atoms with Crippen molar-refractivity contribution >= 4 is 20.2 Å². The summed E-state index contributed by atoms with van der Waals surface area (Å²) in [6.07, 6.45) is 2.42. The summed E-state index contributed by atoms with van der Waals surface area (Å²) in [6.45, 7) is 13.1. The number of nitrogens with zero attached hydrogens (tertiary/aromatic N) is 2. The fourth-order valence-corrected chi connectivity index (χ4v) is 4.38. The lowest BCUT2D eigenvalue weighted by atomic mass is 10.3. The molecule has 0 bridgehead atoms. The van der Waals surface area contributed by atoms with Gasteiger partial charge in [0.15, 0.2) is 20.2 Å². The van der Waals surface area contributed by atoms with Gasteiger partial charge in [-0.15, -0.1) is 0 Å². The lowest BCUT2D eigenvalue weighted by molar-refractivity contribution is -0.897. The highest BCUT2D eigenvalue weighted by Gasteiger charge is 2.48. The topological polar surface area (TPSA) is 114 Å². The maximum atomic E-state index is 11.4. The second-order valence-electron chi connectivity index (χ2n) is 10.3. The van der Waals surface area contributed by atoms with Crippen LogP contribution in [0.1, 0.15) is 65.2 Å². The van der Waals surface area contributed by atoms with E-state index in [2.05, 4.69) is 27.9 Å². The standard InChI is InChI=1S/2C9H20N.2C2H2F4O3S/c2*1-3-4-7-10(2)8-5-6-9-10;2*3-1(4)2(5,6)10(7,8)9/h2*3-9H2,1-2H3;2*1H,(H,7,8,9)/q2*+1;;/p-2. The number of halogens is 8. The SMILES string of the molecule is CCCC[N+]1(C)CCCC1.CCCC[N+]1(C)CCCC1.O=S(=O)([O-])C(F)(F)C(F)F.O=S(=O)([O-])C(F)(F)C(F)F. The third-order valence-electron chi connectivity index (χ3n) is 6.57. The number of hydrogen-bond donors (Lipinski definition) is 0. The van der Waals surface area contributed by atoms with Gasteiger partial charge >= 0.3 is 23.4 Å². The Kier molecular flexibility index (Phi) is 17.9. The molecule has 0 radical (unpaired) electrons. The molecule has 0 atom stereocenters. The highest BCUT2D eigenvalue weighted by Crippen LogP contribution is 2.28. The Morgan fingerprint density at radius 2 is 0.850 bits per heavy atom. The van der Waals surface area contributed by atoms with Crippen LogP contribution in [-0.4, -0.2) is 112 Å². The zero-order valence-corrected chi connectivity index (χ0v) is 24.9. The maximum Gasteiger partial charge on any atom is 0.393 e. The highest BCUT2D eigenvalue weighted by molar-refractivity contribution is 7.87. The van der Waals surface area contributed by atoms with Crippen LogP contribution in [-0.2, 0) is 20.2 Å². The van der Waals surface area contributed by atoms with Crippen molar-refractivity contribution in [2.75, 3.05) is 53.4 Å². The first-order chi connectivity index (χ1) is 17.9. The van der Waals surface area contributed by atoms with E-state index in [0.717, 1.165) is 0 Å². The molecule has 0 aromatic carbocycles. The molecule has 0 unspecified atom stereocenters. The van der Waals surface area contributed by atoms with E-state index in [1.165, 1.54) is 99.6 Å². The molecular weight excluding hydrogens is 604 g/mol. The summed E-state index contributed by atoms with van der Waals surface area (Å²) in [5.41, 5.74) is 0. The van der Waals surface area contributed by atoms with Crippen molar-refractivity contribution in [1.29, 1.82) is 0 Å². The quantitative estimate of drug-likeness (QED) is 0.191. The fraction of sp³-hybridized carbons (Fsp3) is 1.00. The average Bonchev–Trinajstić information content (AvgIpc) is 3.45. The van der Waals surface area contributed by atoms with Crippen molar-refractivity contribution in [3.63, 3.8) is 0 Å². The van der Waals surface area contributed by atoms with Crippen molar-refractivity contribution in [3.8, 4) is 0 Å². The second-order valence-corrected chi connectivity index (χ2v) is 13.2.